The van der Waals surface area contributed by atoms with E-state index in [4.69, 9.17) is 5.14 Å². The van der Waals surface area contributed by atoms with Crippen molar-refractivity contribution in [2.75, 3.05) is 17.6 Å². The summed E-state index contributed by atoms with van der Waals surface area (Å²) in [4.78, 5) is 0. The zero-order chi connectivity index (χ0) is 11.5. The smallest absolute Gasteiger partial charge is 0.210 e. The van der Waals surface area contributed by atoms with Gasteiger partial charge in [0, 0.05) is 11.0 Å². The topological polar surface area (TPSA) is 72.2 Å². The number of nitrogens with two attached hydrogens (primary N) is 1. The Kier molecular flexibility index (Phi) is 4.06. The van der Waals surface area contributed by atoms with Crippen molar-refractivity contribution in [3.63, 3.8) is 0 Å². The van der Waals surface area contributed by atoms with Crippen molar-refractivity contribution in [2.45, 2.75) is 0 Å². The number of benzene rings is 1. The summed E-state index contributed by atoms with van der Waals surface area (Å²) >= 11 is 3.18. The summed E-state index contributed by atoms with van der Waals surface area (Å²) in [7, 11) is -3.51. The van der Waals surface area contributed by atoms with Gasteiger partial charge in [0.1, 0.15) is 5.82 Å². The second-order valence-corrected chi connectivity index (χ2v) is 5.57. The van der Waals surface area contributed by atoms with Crippen molar-refractivity contribution in [3.05, 3.63) is 28.5 Å². The molecule has 0 aliphatic rings. The molecular weight excluding hydrogens is 287 g/mol. The molecule has 0 saturated heterocycles. The SMILES string of the molecule is NS(=O)(=O)CCNc1cc(Br)ccc1F. The van der Waals surface area contributed by atoms with Crippen molar-refractivity contribution in [3.8, 4) is 0 Å². The van der Waals surface area contributed by atoms with Gasteiger partial charge in [-0.25, -0.2) is 17.9 Å². The monoisotopic (exact) mass is 296 g/mol. The molecule has 0 fully saturated rings. The van der Waals surface area contributed by atoms with Crippen LogP contribution in [0.3, 0.4) is 0 Å². The highest BCUT2D eigenvalue weighted by Gasteiger charge is 2.05. The van der Waals surface area contributed by atoms with Crippen LogP contribution in [0.25, 0.3) is 0 Å². The number of sulfonamides is 1. The molecule has 0 bridgehead atoms. The lowest BCUT2D eigenvalue weighted by Crippen LogP contribution is -2.22. The van der Waals surface area contributed by atoms with Crippen molar-refractivity contribution in [1.29, 1.82) is 0 Å². The van der Waals surface area contributed by atoms with Gasteiger partial charge in [-0.15, -0.1) is 0 Å². The van der Waals surface area contributed by atoms with Gasteiger partial charge in [-0.2, -0.15) is 0 Å². The van der Waals surface area contributed by atoms with Crippen molar-refractivity contribution in [1.82, 2.24) is 0 Å². The molecule has 1 aromatic rings. The Morgan fingerprint density at radius 1 is 1.47 bits per heavy atom. The van der Waals surface area contributed by atoms with Crippen LogP contribution < -0.4 is 10.5 Å². The fourth-order valence-electron chi connectivity index (χ4n) is 0.961. The molecule has 4 nitrogen and oxygen atoms in total. The highest BCUT2D eigenvalue weighted by Crippen LogP contribution is 2.19. The first kappa shape index (κ1) is 12.4. The Morgan fingerprint density at radius 2 is 2.13 bits per heavy atom. The van der Waals surface area contributed by atoms with E-state index < -0.39 is 15.8 Å². The minimum Gasteiger partial charge on any atom is -0.382 e. The van der Waals surface area contributed by atoms with Crippen LogP contribution >= 0.6 is 15.9 Å². The summed E-state index contributed by atoms with van der Waals surface area (Å²) < 4.78 is 35.1. The van der Waals surface area contributed by atoms with Crippen molar-refractivity contribution >= 4 is 31.6 Å². The molecule has 0 heterocycles. The molecule has 0 spiro atoms. The molecule has 1 rings (SSSR count). The fraction of sp³-hybridized carbons (Fsp3) is 0.250. The molecule has 0 aliphatic carbocycles. The number of nitrogens with one attached hydrogen (secondary N) is 1. The van der Waals surface area contributed by atoms with Crippen LogP contribution in [0, 0.1) is 5.82 Å². The molecule has 0 aliphatic heterocycles. The Bertz CT molecular complexity index is 450. The lowest BCUT2D eigenvalue weighted by Gasteiger charge is -2.06. The lowest BCUT2D eigenvalue weighted by atomic mass is 10.3. The van der Waals surface area contributed by atoms with E-state index in [-0.39, 0.29) is 18.0 Å². The Labute approximate surface area is 95.8 Å². The molecule has 15 heavy (non-hydrogen) atoms. The maximum absolute atomic E-state index is 13.1. The zero-order valence-electron chi connectivity index (χ0n) is 7.70. The third kappa shape index (κ3) is 4.59. The first-order valence-electron chi connectivity index (χ1n) is 4.08. The molecule has 0 amide bonds. The molecule has 0 unspecified atom stereocenters. The first-order chi connectivity index (χ1) is 6.88. The van der Waals surface area contributed by atoms with E-state index in [1.807, 2.05) is 0 Å². The first-order valence-corrected chi connectivity index (χ1v) is 6.59. The van der Waals surface area contributed by atoms with E-state index >= 15 is 0 Å². The molecular formula is C8H10BrFN2O2S. The number of hydrogen-bond acceptors (Lipinski definition) is 3. The lowest BCUT2D eigenvalue weighted by molar-refractivity contribution is 0.597. The number of halogens is 2. The van der Waals surface area contributed by atoms with Gasteiger partial charge < -0.3 is 5.32 Å². The number of rotatable bonds is 4. The second kappa shape index (κ2) is 4.91. The van der Waals surface area contributed by atoms with E-state index in [2.05, 4.69) is 21.2 Å². The Morgan fingerprint density at radius 3 is 2.73 bits per heavy atom. The van der Waals surface area contributed by atoms with Crippen LogP contribution in [-0.4, -0.2) is 20.7 Å². The van der Waals surface area contributed by atoms with Crippen LogP contribution in [0.4, 0.5) is 10.1 Å². The summed E-state index contributed by atoms with van der Waals surface area (Å²) in [5.41, 5.74) is 0.244. The molecule has 0 saturated carbocycles. The van der Waals surface area contributed by atoms with Crippen LogP contribution in [0.2, 0.25) is 0 Å². The van der Waals surface area contributed by atoms with E-state index in [1.54, 1.807) is 6.07 Å². The van der Waals surface area contributed by atoms with Gasteiger partial charge in [-0.1, -0.05) is 15.9 Å². The predicted molar refractivity (Wildman–Crippen MR) is 60.6 cm³/mol. The maximum atomic E-state index is 13.1. The summed E-state index contributed by atoms with van der Waals surface area (Å²) in [6, 6.07) is 4.36. The maximum Gasteiger partial charge on any atom is 0.210 e. The molecule has 1 aromatic carbocycles. The third-order valence-electron chi connectivity index (χ3n) is 1.63. The highest BCUT2D eigenvalue weighted by atomic mass is 79.9. The zero-order valence-corrected chi connectivity index (χ0v) is 10.1. The molecule has 0 radical (unpaired) electrons. The Balaban J connectivity index is 2.61. The Hall–Kier alpha value is -0.660. The average Bonchev–Trinajstić information content (AvgIpc) is 2.09. The van der Waals surface area contributed by atoms with E-state index in [0.717, 1.165) is 0 Å². The number of anilines is 1. The van der Waals surface area contributed by atoms with Gasteiger partial charge in [0.2, 0.25) is 10.0 Å². The minimum atomic E-state index is -3.51. The molecule has 84 valence electrons. The van der Waals surface area contributed by atoms with Gasteiger partial charge in [-0.05, 0) is 18.2 Å². The number of primary sulfonamides is 1. The van der Waals surface area contributed by atoms with Gasteiger partial charge in [0.15, 0.2) is 0 Å². The van der Waals surface area contributed by atoms with Crippen molar-refractivity contribution in [2.24, 2.45) is 5.14 Å². The second-order valence-electron chi connectivity index (χ2n) is 2.92. The quantitative estimate of drug-likeness (QED) is 0.879. The predicted octanol–water partition coefficient (Wildman–Crippen LogP) is 1.29. The minimum absolute atomic E-state index is 0.0756. The van der Waals surface area contributed by atoms with Crippen LogP contribution in [0.15, 0.2) is 22.7 Å². The summed E-state index contributed by atoms with van der Waals surface area (Å²) in [5, 5.41) is 7.44. The average molecular weight is 297 g/mol. The van der Waals surface area contributed by atoms with Crippen LogP contribution in [-0.2, 0) is 10.0 Å². The summed E-state index contributed by atoms with van der Waals surface area (Å²) in [6.45, 7) is 0.0756. The molecule has 0 aromatic heterocycles. The summed E-state index contributed by atoms with van der Waals surface area (Å²) in [6.07, 6.45) is 0. The molecule has 0 atom stereocenters. The standard InChI is InChI=1S/C8H10BrFN2O2S/c9-6-1-2-7(10)8(5-6)12-3-4-15(11,13)14/h1-2,5,12H,3-4H2,(H2,11,13,14). The largest absolute Gasteiger partial charge is 0.382 e. The van der Waals surface area contributed by atoms with E-state index in [0.29, 0.717) is 4.47 Å². The van der Waals surface area contributed by atoms with Crippen molar-refractivity contribution < 1.29 is 12.8 Å². The van der Waals surface area contributed by atoms with Crippen LogP contribution in [0.5, 0.6) is 0 Å². The summed E-state index contributed by atoms with van der Waals surface area (Å²) in [5.74, 6) is -0.675. The molecule has 3 N–H and O–H groups in total. The van der Waals surface area contributed by atoms with Crippen LogP contribution in [0.1, 0.15) is 0 Å². The van der Waals surface area contributed by atoms with E-state index in [1.165, 1.54) is 12.1 Å². The normalized spacial score (nSPS) is 11.4. The van der Waals surface area contributed by atoms with Gasteiger partial charge >= 0.3 is 0 Å². The van der Waals surface area contributed by atoms with Gasteiger partial charge in [-0.3, -0.25) is 0 Å². The van der Waals surface area contributed by atoms with Gasteiger partial charge in [0.05, 0.1) is 11.4 Å². The number of hydrogen-bond donors (Lipinski definition) is 2. The third-order valence-corrected chi connectivity index (χ3v) is 2.90. The highest BCUT2D eigenvalue weighted by molar-refractivity contribution is 9.10. The molecule has 7 heteroatoms. The van der Waals surface area contributed by atoms with Gasteiger partial charge in [0.25, 0.3) is 0 Å². The fourth-order valence-corrected chi connectivity index (χ4v) is 1.71. The van der Waals surface area contributed by atoms with E-state index in [9.17, 15) is 12.8 Å².